The maximum Gasteiger partial charge on any atom is 0.238 e. The predicted molar refractivity (Wildman–Crippen MR) is 231 cm³/mol. The highest BCUT2D eigenvalue weighted by Gasteiger charge is 2.35. The molecule has 1 aliphatic carbocycles. The summed E-state index contributed by atoms with van der Waals surface area (Å²) in [6, 6.07) is 64.8. The second-order valence-electron chi connectivity index (χ2n) is 15.2. The van der Waals surface area contributed by atoms with E-state index in [2.05, 4.69) is 176 Å². The Balaban J connectivity index is 1.19. The van der Waals surface area contributed by atoms with Crippen LogP contribution in [-0.2, 0) is 5.41 Å². The summed E-state index contributed by atoms with van der Waals surface area (Å²) in [5.74, 6) is 1.83. The van der Waals surface area contributed by atoms with Gasteiger partial charge in [0.15, 0.2) is 11.6 Å². The van der Waals surface area contributed by atoms with Crippen LogP contribution in [0.4, 0.5) is 0 Å². The summed E-state index contributed by atoms with van der Waals surface area (Å²) in [5.41, 5.74) is 13.8. The Kier molecular flexibility index (Phi) is 7.17. The van der Waals surface area contributed by atoms with Gasteiger partial charge < -0.3 is 0 Å². The molecule has 10 aromatic rings. The van der Waals surface area contributed by atoms with Crippen LogP contribution < -0.4 is 0 Å². The lowest BCUT2D eigenvalue weighted by Gasteiger charge is -2.22. The zero-order chi connectivity index (χ0) is 37.4. The largest absolute Gasteiger partial charge is 0.277 e. The lowest BCUT2D eigenvalue weighted by atomic mass is 9.81. The average Bonchev–Trinajstić information content (AvgIpc) is 3.73. The Bertz CT molecular complexity index is 3140. The molecule has 0 saturated carbocycles. The monoisotopic (exact) mass is 716 g/mol. The van der Waals surface area contributed by atoms with Gasteiger partial charge in [0, 0.05) is 32.9 Å². The fourth-order valence-electron chi connectivity index (χ4n) is 8.90. The molecule has 8 aromatic carbocycles. The van der Waals surface area contributed by atoms with Crippen LogP contribution >= 0.6 is 0 Å². The summed E-state index contributed by atoms with van der Waals surface area (Å²) in [5, 5.41) is 4.74. The first-order chi connectivity index (χ1) is 27.5. The van der Waals surface area contributed by atoms with E-state index >= 15 is 0 Å². The third-order valence-corrected chi connectivity index (χ3v) is 11.7. The molecule has 0 radical (unpaired) electrons. The predicted octanol–water partition coefficient (Wildman–Crippen LogP) is 13.1. The van der Waals surface area contributed by atoms with Gasteiger partial charge in [-0.3, -0.25) is 4.57 Å². The van der Waals surface area contributed by atoms with Crippen molar-refractivity contribution >= 4 is 32.6 Å². The zero-order valence-corrected chi connectivity index (χ0v) is 31.1. The van der Waals surface area contributed by atoms with Crippen LogP contribution in [0.3, 0.4) is 0 Å². The molecule has 0 saturated heterocycles. The van der Waals surface area contributed by atoms with Crippen molar-refractivity contribution in [2.24, 2.45) is 0 Å². The van der Waals surface area contributed by atoms with Crippen LogP contribution in [0.15, 0.2) is 182 Å². The van der Waals surface area contributed by atoms with Gasteiger partial charge in [-0.2, -0.15) is 9.97 Å². The maximum absolute atomic E-state index is 5.34. The van der Waals surface area contributed by atoms with Crippen LogP contribution in [-0.4, -0.2) is 19.5 Å². The normalized spacial score (nSPS) is 13.0. The highest BCUT2D eigenvalue weighted by Crippen LogP contribution is 2.50. The Morgan fingerprint density at radius 3 is 1.77 bits per heavy atom. The molecule has 1 aliphatic rings. The Morgan fingerprint density at radius 1 is 0.411 bits per heavy atom. The van der Waals surface area contributed by atoms with Gasteiger partial charge in [-0.1, -0.05) is 184 Å². The molecule has 4 nitrogen and oxygen atoms in total. The van der Waals surface area contributed by atoms with Gasteiger partial charge in [-0.25, -0.2) is 4.98 Å². The molecule has 0 bridgehead atoms. The molecule has 0 amide bonds. The summed E-state index contributed by atoms with van der Waals surface area (Å²) < 4.78 is 2.27. The van der Waals surface area contributed by atoms with Gasteiger partial charge in [0.05, 0.1) is 11.0 Å². The van der Waals surface area contributed by atoms with Gasteiger partial charge in [-0.15, -0.1) is 0 Å². The highest BCUT2D eigenvalue weighted by atomic mass is 15.2. The third-order valence-electron chi connectivity index (χ3n) is 11.7. The molecule has 0 fully saturated rings. The van der Waals surface area contributed by atoms with E-state index in [1.165, 1.54) is 44.0 Å². The molecule has 0 spiro atoms. The van der Waals surface area contributed by atoms with Crippen molar-refractivity contribution < 1.29 is 0 Å². The number of benzene rings is 8. The van der Waals surface area contributed by atoms with Crippen LogP contribution in [0.5, 0.6) is 0 Å². The summed E-state index contributed by atoms with van der Waals surface area (Å²) in [6.45, 7) is 4.68. The van der Waals surface area contributed by atoms with Crippen molar-refractivity contribution in [2.45, 2.75) is 19.3 Å². The second kappa shape index (κ2) is 12.4. The molecule has 56 heavy (non-hydrogen) atoms. The first-order valence-electron chi connectivity index (χ1n) is 19.2. The first kappa shape index (κ1) is 32.3. The number of rotatable bonds is 5. The standard InChI is InChI=1S/C52H36N4/c1-52(2)44-23-12-11-20-41(44)42-30-28-38(32-45(42)52)40-21-13-22-43-47-39-19-10-9-16-35(39)29-31-46(47)56(48(40)43)51-54-49(36-17-7-4-8-18-36)53-50(55-51)37-26-24-34(25-27-37)33-14-5-3-6-15-33/h3-32H,1-2H3. The maximum atomic E-state index is 5.34. The Hall–Kier alpha value is -7.17. The van der Waals surface area contributed by atoms with Crippen LogP contribution in [0, 0.1) is 0 Å². The summed E-state index contributed by atoms with van der Waals surface area (Å²) in [6.07, 6.45) is 0. The van der Waals surface area contributed by atoms with Gasteiger partial charge in [-0.05, 0) is 61.8 Å². The van der Waals surface area contributed by atoms with Crippen molar-refractivity contribution in [1.82, 2.24) is 19.5 Å². The number of para-hydroxylation sites is 1. The van der Waals surface area contributed by atoms with Crippen molar-refractivity contribution in [3.63, 3.8) is 0 Å². The number of hydrogen-bond donors (Lipinski definition) is 0. The first-order valence-corrected chi connectivity index (χ1v) is 19.2. The van der Waals surface area contributed by atoms with Gasteiger partial charge in [0.25, 0.3) is 0 Å². The quantitative estimate of drug-likeness (QED) is 0.178. The topological polar surface area (TPSA) is 43.6 Å². The molecular weight excluding hydrogens is 681 g/mol. The SMILES string of the molecule is CC1(C)c2ccccc2-c2ccc(-c3cccc4c5c6ccccc6ccc5n(-c5nc(-c6ccccc6)nc(-c6ccc(-c7ccccc7)cc6)n5)c34)cc21. The van der Waals surface area contributed by atoms with E-state index < -0.39 is 0 Å². The molecule has 264 valence electrons. The molecule has 4 heteroatoms. The third kappa shape index (κ3) is 4.96. The van der Waals surface area contributed by atoms with E-state index in [1.54, 1.807) is 0 Å². The molecule has 11 rings (SSSR count). The van der Waals surface area contributed by atoms with Crippen molar-refractivity contribution in [3.8, 4) is 62.1 Å². The van der Waals surface area contributed by atoms with Gasteiger partial charge >= 0.3 is 0 Å². The van der Waals surface area contributed by atoms with E-state index in [-0.39, 0.29) is 5.41 Å². The van der Waals surface area contributed by atoms with E-state index in [0.29, 0.717) is 17.6 Å². The van der Waals surface area contributed by atoms with E-state index in [1.807, 2.05) is 24.3 Å². The molecule has 0 aliphatic heterocycles. The van der Waals surface area contributed by atoms with E-state index in [4.69, 9.17) is 15.0 Å². The smallest absolute Gasteiger partial charge is 0.238 e. The molecule has 2 heterocycles. The fourth-order valence-corrected chi connectivity index (χ4v) is 8.90. The minimum absolute atomic E-state index is 0.123. The number of aromatic nitrogens is 4. The Labute approximate surface area is 325 Å². The lowest BCUT2D eigenvalue weighted by Crippen LogP contribution is -2.14. The number of hydrogen-bond acceptors (Lipinski definition) is 3. The van der Waals surface area contributed by atoms with E-state index in [0.717, 1.165) is 44.2 Å². The van der Waals surface area contributed by atoms with Crippen molar-refractivity contribution in [1.29, 1.82) is 0 Å². The van der Waals surface area contributed by atoms with Crippen molar-refractivity contribution in [2.75, 3.05) is 0 Å². The molecular formula is C52H36N4. The van der Waals surface area contributed by atoms with Crippen molar-refractivity contribution in [3.05, 3.63) is 193 Å². The minimum atomic E-state index is -0.123. The molecule has 2 aromatic heterocycles. The highest BCUT2D eigenvalue weighted by molar-refractivity contribution is 6.23. The fraction of sp³-hybridized carbons (Fsp3) is 0.0577. The average molecular weight is 717 g/mol. The molecule has 0 atom stereocenters. The summed E-state index contributed by atoms with van der Waals surface area (Å²) >= 11 is 0. The second-order valence-corrected chi connectivity index (χ2v) is 15.2. The summed E-state index contributed by atoms with van der Waals surface area (Å²) in [7, 11) is 0. The minimum Gasteiger partial charge on any atom is -0.277 e. The Morgan fingerprint density at radius 2 is 0.982 bits per heavy atom. The molecule has 0 N–H and O–H groups in total. The van der Waals surface area contributed by atoms with Crippen LogP contribution in [0.25, 0.3) is 94.7 Å². The van der Waals surface area contributed by atoms with E-state index in [9.17, 15) is 0 Å². The van der Waals surface area contributed by atoms with Crippen LogP contribution in [0.2, 0.25) is 0 Å². The summed E-state index contributed by atoms with van der Waals surface area (Å²) in [4.78, 5) is 15.8. The number of fused-ring (bicyclic) bond motifs is 8. The zero-order valence-electron chi connectivity index (χ0n) is 31.1. The number of nitrogens with zero attached hydrogens (tertiary/aromatic N) is 4. The lowest BCUT2D eigenvalue weighted by molar-refractivity contribution is 0.660. The molecule has 0 unspecified atom stereocenters. The van der Waals surface area contributed by atoms with Gasteiger partial charge in [0.2, 0.25) is 5.95 Å². The van der Waals surface area contributed by atoms with Crippen LogP contribution in [0.1, 0.15) is 25.0 Å². The van der Waals surface area contributed by atoms with Gasteiger partial charge in [0.1, 0.15) is 0 Å².